The van der Waals surface area contributed by atoms with Gasteiger partial charge < -0.3 is 15.8 Å². The maximum Gasteiger partial charge on any atom is 0.321 e. The van der Waals surface area contributed by atoms with Crippen molar-refractivity contribution in [1.29, 1.82) is 0 Å². The summed E-state index contributed by atoms with van der Waals surface area (Å²) < 4.78 is 5.21. The number of amides is 3. The van der Waals surface area contributed by atoms with Gasteiger partial charge in [0.1, 0.15) is 5.75 Å². The van der Waals surface area contributed by atoms with Gasteiger partial charge in [-0.25, -0.2) is 4.79 Å². The van der Waals surface area contributed by atoms with Crippen LogP contribution in [0.2, 0.25) is 0 Å². The third kappa shape index (κ3) is 4.52. The van der Waals surface area contributed by atoms with E-state index >= 15 is 0 Å². The van der Waals surface area contributed by atoms with Gasteiger partial charge in [-0.15, -0.1) is 0 Å². The van der Waals surface area contributed by atoms with Crippen LogP contribution >= 0.6 is 0 Å². The van der Waals surface area contributed by atoms with E-state index in [1.54, 1.807) is 18.2 Å². The molecule has 0 saturated heterocycles. The molecule has 6 nitrogen and oxygen atoms in total. The van der Waals surface area contributed by atoms with E-state index in [1.165, 1.54) is 7.05 Å². The lowest BCUT2D eigenvalue weighted by molar-refractivity contribution is -0.122. The van der Waals surface area contributed by atoms with Crippen molar-refractivity contribution in [2.45, 2.75) is 6.54 Å². The molecule has 0 saturated carbocycles. The molecule has 1 rings (SSSR count). The minimum absolute atomic E-state index is 0.221. The van der Waals surface area contributed by atoms with E-state index in [0.29, 0.717) is 12.3 Å². The number of carbonyl (C=O) groups excluding carboxylic acids is 2. The third-order valence-corrected chi connectivity index (χ3v) is 1.98. The number of carbonyl (C=O) groups is 2. The molecule has 1 aromatic carbocycles. The second kappa shape index (κ2) is 6.49. The molecule has 92 valence electrons. The maximum atomic E-state index is 11.2. The van der Waals surface area contributed by atoms with Crippen LogP contribution in [0.25, 0.3) is 0 Å². The van der Waals surface area contributed by atoms with Crippen LogP contribution in [0.4, 0.5) is 4.79 Å². The first kappa shape index (κ1) is 13.0. The van der Waals surface area contributed by atoms with Crippen molar-refractivity contribution in [3.8, 4) is 5.75 Å². The molecule has 0 heterocycles. The topological polar surface area (TPSA) is 93.5 Å². The molecule has 4 N–H and O–H groups in total. The maximum absolute atomic E-state index is 11.2. The number of imide groups is 1. The fraction of sp³-hybridized carbons (Fsp3) is 0.273. The van der Waals surface area contributed by atoms with E-state index in [0.717, 1.165) is 5.56 Å². The number of nitrogens with two attached hydrogens (primary N) is 1. The van der Waals surface area contributed by atoms with Crippen LogP contribution in [0.5, 0.6) is 5.75 Å². The normalized spacial score (nSPS) is 9.53. The third-order valence-electron chi connectivity index (χ3n) is 1.98. The zero-order valence-corrected chi connectivity index (χ0v) is 9.53. The average Bonchev–Trinajstić information content (AvgIpc) is 2.36. The Labute approximate surface area is 99.1 Å². The highest BCUT2D eigenvalue weighted by atomic mass is 16.5. The van der Waals surface area contributed by atoms with Crippen LogP contribution in [0.3, 0.4) is 0 Å². The van der Waals surface area contributed by atoms with Crippen molar-refractivity contribution in [3.05, 3.63) is 29.8 Å². The standard InChI is InChI=1S/C11H15N3O3/c1-13-11(16)14-10(15)7-17-9-4-2-3-8(5-9)6-12/h2-5H,6-7,12H2,1H3,(H2,13,14,15,16). The Balaban J connectivity index is 2.44. The second-order valence-corrected chi connectivity index (χ2v) is 3.27. The number of nitrogens with one attached hydrogen (secondary N) is 2. The van der Waals surface area contributed by atoms with Gasteiger partial charge in [0.15, 0.2) is 6.61 Å². The second-order valence-electron chi connectivity index (χ2n) is 3.27. The summed E-state index contributed by atoms with van der Waals surface area (Å²) >= 11 is 0. The molecule has 0 aliphatic rings. The number of benzene rings is 1. The van der Waals surface area contributed by atoms with E-state index in [9.17, 15) is 9.59 Å². The molecular weight excluding hydrogens is 222 g/mol. The largest absolute Gasteiger partial charge is 0.484 e. The van der Waals surface area contributed by atoms with E-state index < -0.39 is 11.9 Å². The van der Waals surface area contributed by atoms with E-state index in [2.05, 4.69) is 10.6 Å². The van der Waals surface area contributed by atoms with Crippen molar-refractivity contribution in [3.63, 3.8) is 0 Å². The number of hydrogen-bond donors (Lipinski definition) is 3. The summed E-state index contributed by atoms with van der Waals surface area (Å²) in [7, 11) is 1.42. The lowest BCUT2D eigenvalue weighted by Crippen LogP contribution is -2.39. The van der Waals surface area contributed by atoms with Gasteiger partial charge in [-0.05, 0) is 17.7 Å². The highest BCUT2D eigenvalue weighted by Crippen LogP contribution is 2.12. The number of urea groups is 1. The molecule has 0 aliphatic carbocycles. The van der Waals surface area contributed by atoms with Gasteiger partial charge >= 0.3 is 6.03 Å². The van der Waals surface area contributed by atoms with Crippen LogP contribution in [0, 0.1) is 0 Å². The molecule has 17 heavy (non-hydrogen) atoms. The molecule has 0 atom stereocenters. The Morgan fingerprint density at radius 3 is 2.82 bits per heavy atom. The Hall–Kier alpha value is -2.08. The lowest BCUT2D eigenvalue weighted by Gasteiger charge is -2.07. The SMILES string of the molecule is CNC(=O)NC(=O)COc1cccc(CN)c1. The number of hydrogen-bond acceptors (Lipinski definition) is 4. The first-order valence-corrected chi connectivity index (χ1v) is 5.09. The molecule has 0 fully saturated rings. The lowest BCUT2D eigenvalue weighted by atomic mass is 10.2. The van der Waals surface area contributed by atoms with Gasteiger partial charge in [-0.1, -0.05) is 12.1 Å². The van der Waals surface area contributed by atoms with Crippen molar-refractivity contribution >= 4 is 11.9 Å². The van der Waals surface area contributed by atoms with Gasteiger partial charge in [0.05, 0.1) is 0 Å². The van der Waals surface area contributed by atoms with E-state index in [4.69, 9.17) is 10.5 Å². The van der Waals surface area contributed by atoms with Gasteiger partial charge in [0.25, 0.3) is 5.91 Å². The molecule has 0 aromatic heterocycles. The predicted molar refractivity (Wildman–Crippen MR) is 62.4 cm³/mol. The van der Waals surface area contributed by atoms with Crippen LogP contribution in [-0.4, -0.2) is 25.6 Å². The molecule has 0 radical (unpaired) electrons. The molecular formula is C11H15N3O3. The fourth-order valence-corrected chi connectivity index (χ4v) is 1.14. The van der Waals surface area contributed by atoms with Crippen LogP contribution < -0.4 is 21.1 Å². The molecule has 1 aromatic rings. The minimum atomic E-state index is -0.561. The Morgan fingerprint density at radius 1 is 1.41 bits per heavy atom. The van der Waals surface area contributed by atoms with Gasteiger partial charge in [-0.3, -0.25) is 10.1 Å². The quantitative estimate of drug-likeness (QED) is 0.686. The fourth-order valence-electron chi connectivity index (χ4n) is 1.14. The zero-order valence-electron chi connectivity index (χ0n) is 9.53. The predicted octanol–water partition coefficient (Wildman–Crippen LogP) is -0.0203. The van der Waals surface area contributed by atoms with Crippen LogP contribution in [0.15, 0.2) is 24.3 Å². The summed E-state index contributed by atoms with van der Waals surface area (Å²) in [4.78, 5) is 22.0. The molecule has 0 aliphatic heterocycles. The first-order valence-electron chi connectivity index (χ1n) is 5.09. The van der Waals surface area contributed by atoms with Crippen molar-refractivity contribution < 1.29 is 14.3 Å². The first-order chi connectivity index (χ1) is 8.15. The monoisotopic (exact) mass is 237 g/mol. The summed E-state index contributed by atoms with van der Waals surface area (Å²) in [5, 5.41) is 4.36. The Morgan fingerprint density at radius 2 is 2.18 bits per heavy atom. The van der Waals surface area contributed by atoms with Gasteiger partial charge in [-0.2, -0.15) is 0 Å². The molecule has 0 spiro atoms. The molecule has 3 amide bonds. The van der Waals surface area contributed by atoms with Crippen molar-refractivity contribution in [2.75, 3.05) is 13.7 Å². The molecule has 0 unspecified atom stereocenters. The number of ether oxygens (including phenoxy) is 1. The summed E-state index contributed by atoms with van der Waals surface area (Å²) in [5.74, 6) is 0.0301. The summed E-state index contributed by atoms with van der Waals surface area (Å²) in [6, 6.07) is 6.54. The summed E-state index contributed by atoms with van der Waals surface area (Å²) in [5.41, 5.74) is 6.38. The highest BCUT2D eigenvalue weighted by Gasteiger charge is 2.06. The van der Waals surface area contributed by atoms with E-state index in [-0.39, 0.29) is 6.61 Å². The van der Waals surface area contributed by atoms with Crippen molar-refractivity contribution in [2.24, 2.45) is 5.73 Å². The summed E-state index contributed by atoms with van der Waals surface area (Å²) in [6.07, 6.45) is 0. The Bertz CT molecular complexity index is 407. The average molecular weight is 237 g/mol. The minimum Gasteiger partial charge on any atom is -0.484 e. The van der Waals surface area contributed by atoms with Gasteiger partial charge in [0.2, 0.25) is 0 Å². The van der Waals surface area contributed by atoms with Gasteiger partial charge in [0, 0.05) is 13.6 Å². The van der Waals surface area contributed by atoms with Crippen LogP contribution in [-0.2, 0) is 11.3 Å². The zero-order chi connectivity index (χ0) is 12.7. The van der Waals surface area contributed by atoms with Crippen molar-refractivity contribution in [1.82, 2.24) is 10.6 Å². The molecule has 0 bridgehead atoms. The Kier molecular flexibility index (Phi) is 4.96. The van der Waals surface area contributed by atoms with E-state index in [1.807, 2.05) is 6.07 Å². The highest BCUT2D eigenvalue weighted by molar-refractivity contribution is 5.94. The smallest absolute Gasteiger partial charge is 0.321 e. The number of rotatable bonds is 4. The summed E-state index contributed by atoms with van der Waals surface area (Å²) in [6.45, 7) is 0.184. The van der Waals surface area contributed by atoms with Crippen LogP contribution in [0.1, 0.15) is 5.56 Å². The molecule has 6 heteroatoms.